The maximum absolute atomic E-state index is 5.16. The smallest absolute Gasteiger partial charge is 0.125 e. The summed E-state index contributed by atoms with van der Waals surface area (Å²) in [6.45, 7) is 0. The molecule has 0 fully saturated rings. The van der Waals surface area contributed by atoms with Gasteiger partial charge >= 0.3 is 0 Å². The molecule has 0 saturated heterocycles. The summed E-state index contributed by atoms with van der Waals surface area (Å²) in [5.41, 5.74) is 10.6. The highest BCUT2D eigenvalue weighted by Gasteiger charge is 2.18. The van der Waals surface area contributed by atoms with E-state index in [1.165, 1.54) is 10.8 Å². The lowest BCUT2D eigenvalue weighted by atomic mass is 9.90. The van der Waals surface area contributed by atoms with Crippen molar-refractivity contribution in [3.63, 3.8) is 0 Å². The minimum atomic E-state index is 0.951. The van der Waals surface area contributed by atoms with Crippen LogP contribution in [0.15, 0.2) is 171 Å². The molecule has 0 N–H and O–H groups in total. The highest BCUT2D eigenvalue weighted by atomic mass is 32.1. The third kappa shape index (κ3) is 5.14. The molecule has 4 nitrogen and oxygen atoms in total. The fourth-order valence-electron chi connectivity index (χ4n) is 7.23. The van der Waals surface area contributed by atoms with Crippen molar-refractivity contribution in [2.24, 2.45) is 0 Å². The molecule has 6 aromatic carbocycles. The normalized spacial score (nSPS) is 11.5. The molecule has 0 spiro atoms. The van der Waals surface area contributed by atoms with Crippen LogP contribution in [0.4, 0.5) is 0 Å². The molecule has 4 heterocycles. The Morgan fingerprint density at radius 3 is 1.73 bits per heavy atom. The second-order valence-corrected chi connectivity index (χ2v) is 13.8. The molecule has 0 aliphatic rings. The molecule has 0 atom stereocenters. The van der Waals surface area contributed by atoms with Gasteiger partial charge in [-0.05, 0) is 80.9 Å². The van der Waals surface area contributed by atoms with E-state index in [1.54, 1.807) is 11.3 Å². The van der Waals surface area contributed by atoms with E-state index in [9.17, 15) is 0 Å². The van der Waals surface area contributed by atoms with Crippen LogP contribution in [0, 0.1) is 0 Å². The molecule has 0 aliphatic heterocycles. The number of aromatic nitrogens is 4. The second-order valence-electron chi connectivity index (χ2n) is 12.7. The highest BCUT2D eigenvalue weighted by molar-refractivity contribution is 7.21. The number of hydrogen-bond donors (Lipinski definition) is 0. The lowest BCUT2D eigenvalue weighted by Gasteiger charge is -2.16. The van der Waals surface area contributed by atoms with Gasteiger partial charge in [0.2, 0.25) is 0 Å². The average molecular weight is 669 g/mol. The van der Waals surface area contributed by atoms with Crippen molar-refractivity contribution in [1.82, 2.24) is 19.9 Å². The molecular weight excluding hydrogens is 641 g/mol. The van der Waals surface area contributed by atoms with Gasteiger partial charge in [0.25, 0.3) is 0 Å². The lowest BCUT2D eigenvalue weighted by molar-refractivity contribution is 1.35. The van der Waals surface area contributed by atoms with Crippen LogP contribution in [-0.4, -0.2) is 19.9 Å². The zero-order valence-corrected chi connectivity index (χ0v) is 28.2. The lowest BCUT2D eigenvalue weighted by Crippen LogP contribution is -1.93. The van der Waals surface area contributed by atoms with Crippen LogP contribution in [0.1, 0.15) is 0 Å². The topological polar surface area (TPSA) is 51.6 Å². The quantitative estimate of drug-likeness (QED) is 0.183. The molecule has 0 radical (unpaired) electrons. The van der Waals surface area contributed by atoms with Gasteiger partial charge in [-0.3, -0.25) is 15.0 Å². The number of rotatable bonds is 5. The van der Waals surface area contributed by atoms with Crippen molar-refractivity contribution >= 4 is 53.9 Å². The van der Waals surface area contributed by atoms with E-state index in [-0.39, 0.29) is 0 Å². The zero-order valence-electron chi connectivity index (χ0n) is 27.4. The van der Waals surface area contributed by atoms with Gasteiger partial charge in [-0.15, -0.1) is 11.3 Å². The number of pyridine rings is 3. The Hall–Kier alpha value is -6.56. The Balaban J connectivity index is 1.24. The fraction of sp³-hybridized carbons (Fsp3) is 0. The Bertz CT molecular complexity index is 2800. The summed E-state index contributed by atoms with van der Waals surface area (Å²) in [6.07, 6.45) is 9.73. The minimum Gasteiger partial charge on any atom is -0.263 e. The Labute approximate surface area is 298 Å². The third-order valence-corrected chi connectivity index (χ3v) is 10.8. The first-order valence-corrected chi connectivity index (χ1v) is 17.7. The molecule has 0 unspecified atom stereocenters. The number of hydrogen-bond acceptors (Lipinski definition) is 5. The van der Waals surface area contributed by atoms with Crippen LogP contribution in [-0.2, 0) is 0 Å². The Morgan fingerprint density at radius 2 is 1.02 bits per heavy atom. The summed E-state index contributed by atoms with van der Waals surface area (Å²) in [5, 5.41) is 7.80. The predicted octanol–water partition coefficient (Wildman–Crippen LogP) is 12.3. The maximum atomic E-state index is 5.16. The average Bonchev–Trinajstić information content (AvgIpc) is 3.64. The van der Waals surface area contributed by atoms with Crippen LogP contribution >= 0.6 is 11.3 Å². The summed E-state index contributed by atoms with van der Waals surface area (Å²) >= 11 is 1.72. The van der Waals surface area contributed by atoms with Gasteiger partial charge in [-0.2, -0.15) is 0 Å². The first-order valence-electron chi connectivity index (χ1n) is 16.9. The molecule has 0 amide bonds. The SMILES string of the molecule is c1ccc2c(-c3cc(-c4ccc(-c5nccc6ccccc56)c(-c5nc6ccccc6s5)c4)cc(-c4cncc5ccccc45)c3)cncc2c1. The number of nitrogens with zero attached hydrogens (tertiary/aromatic N) is 4. The molecule has 238 valence electrons. The minimum absolute atomic E-state index is 0.951. The first kappa shape index (κ1) is 29.4. The number of fused-ring (bicyclic) bond motifs is 4. The molecule has 10 rings (SSSR count). The van der Waals surface area contributed by atoms with E-state index >= 15 is 0 Å². The van der Waals surface area contributed by atoms with Crippen LogP contribution < -0.4 is 0 Å². The molecular formula is C46H28N4S. The monoisotopic (exact) mass is 668 g/mol. The fourth-order valence-corrected chi connectivity index (χ4v) is 8.22. The summed E-state index contributed by atoms with van der Waals surface area (Å²) in [5.74, 6) is 0. The third-order valence-electron chi connectivity index (χ3n) is 9.70. The molecule has 0 aliphatic carbocycles. The van der Waals surface area contributed by atoms with Gasteiger partial charge in [0, 0.05) is 69.4 Å². The molecule has 5 heteroatoms. The standard InChI is InChI=1S/C46H28N4S/c1-6-14-38-29(9-1)19-20-49-45(38)39-18-17-30(24-40(39)46-50-43-15-7-8-16-44(43)51-46)33-21-34(41-27-47-25-31-10-2-4-12-36(31)41)23-35(22-33)42-28-48-26-32-11-3-5-13-37(32)42/h1-28H. The summed E-state index contributed by atoms with van der Waals surface area (Å²) in [7, 11) is 0. The number of thiazole rings is 1. The predicted molar refractivity (Wildman–Crippen MR) is 213 cm³/mol. The molecule has 0 bridgehead atoms. The van der Waals surface area contributed by atoms with Crippen LogP contribution in [0.2, 0.25) is 0 Å². The highest BCUT2D eigenvalue weighted by Crippen LogP contribution is 2.43. The van der Waals surface area contributed by atoms with E-state index in [0.717, 1.165) is 87.0 Å². The van der Waals surface area contributed by atoms with E-state index in [0.29, 0.717) is 0 Å². The molecule has 51 heavy (non-hydrogen) atoms. The maximum Gasteiger partial charge on any atom is 0.125 e. The summed E-state index contributed by atoms with van der Waals surface area (Å²) < 4.78 is 1.16. The van der Waals surface area contributed by atoms with Crippen molar-refractivity contribution in [1.29, 1.82) is 0 Å². The van der Waals surface area contributed by atoms with E-state index in [4.69, 9.17) is 9.97 Å². The van der Waals surface area contributed by atoms with Gasteiger partial charge in [0.15, 0.2) is 0 Å². The molecule has 0 saturated carbocycles. The Kier molecular flexibility index (Phi) is 6.96. The van der Waals surface area contributed by atoms with Crippen LogP contribution in [0.3, 0.4) is 0 Å². The zero-order chi connectivity index (χ0) is 33.7. The van der Waals surface area contributed by atoms with E-state index in [2.05, 4.69) is 143 Å². The molecule has 4 aromatic heterocycles. The van der Waals surface area contributed by atoms with E-state index in [1.807, 2.05) is 37.1 Å². The van der Waals surface area contributed by atoms with Crippen LogP contribution in [0.5, 0.6) is 0 Å². The van der Waals surface area contributed by atoms with Gasteiger partial charge in [-0.25, -0.2) is 4.98 Å². The van der Waals surface area contributed by atoms with Crippen molar-refractivity contribution in [3.05, 3.63) is 171 Å². The second kappa shape index (κ2) is 12.1. The van der Waals surface area contributed by atoms with Crippen LogP contribution in [0.25, 0.3) is 97.7 Å². The molecule has 10 aromatic rings. The van der Waals surface area contributed by atoms with Crippen molar-refractivity contribution in [3.8, 4) is 55.2 Å². The van der Waals surface area contributed by atoms with E-state index < -0.39 is 0 Å². The largest absolute Gasteiger partial charge is 0.263 e. The number of benzene rings is 6. The van der Waals surface area contributed by atoms with Gasteiger partial charge in [0.05, 0.1) is 15.9 Å². The van der Waals surface area contributed by atoms with Crippen molar-refractivity contribution in [2.45, 2.75) is 0 Å². The summed E-state index contributed by atoms with van der Waals surface area (Å²) in [4.78, 5) is 19.4. The first-order chi connectivity index (χ1) is 25.3. The van der Waals surface area contributed by atoms with Gasteiger partial charge < -0.3 is 0 Å². The van der Waals surface area contributed by atoms with Crippen molar-refractivity contribution < 1.29 is 0 Å². The van der Waals surface area contributed by atoms with Gasteiger partial charge in [0.1, 0.15) is 5.01 Å². The number of para-hydroxylation sites is 1. The summed E-state index contributed by atoms with van der Waals surface area (Å²) in [6, 6.07) is 49.4. The Morgan fingerprint density at radius 1 is 0.412 bits per heavy atom. The van der Waals surface area contributed by atoms with Gasteiger partial charge in [-0.1, -0.05) is 97.1 Å². The van der Waals surface area contributed by atoms with Crippen molar-refractivity contribution in [2.75, 3.05) is 0 Å².